The molecule has 0 spiro atoms. The molecule has 0 fully saturated rings. The third-order valence-corrected chi connectivity index (χ3v) is 6.60. The number of anilines is 3. The Morgan fingerprint density at radius 3 is 2.63 bits per heavy atom. The summed E-state index contributed by atoms with van der Waals surface area (Å²) in [5.41, 5.74) is 5.36. The number of benzene rings is 2. The molecule has 0 bridgehead atoms. The predicted molar refractivity (Wildman–Crippen MR) is 122 cm³/mol. The summed E-state index contributed by atoms with van der Waals surface area (Å²) in [7, 11) is 0. The number of rotatable bonds is 6. The van der Waals surface area contributed by atoms with Gasteiger partial charge in [0.2, 0.25) is 11.0 Å². The van der Waals surface area contributed by atoms with Crippen molar-refractivity contribution in [1.29, 1.82) is 0 Å². The van der Waals surface area contributed by atoms with E-state index in [4.69, 9.17) is 0 Å². The molecule has 3 rings (SSSR count). The fraction of sp³-hybridized carbons (Fsp3) is 0.211. The summed E-state index contributed by atoms with van der Waals surface area (Å²) >= 11 is 5.08. The van der Waals surface area contributed by atoms with Crippen molar-refractivity contribution in [1.82, 2.24) is 10.2 Å². The van der Waals surface area contributed by atoms with Gasteiger partial charge in [0, 0.05) is 14.9 Å². The van der Waals surface area contributed by atoms with Crippen molar-refractivity contribution in [2.24, 2.45) is 0 Å². The average Bonchev–Trinajstić information content (AvgIpc) is 3.06. The van der Waals surface area contributed by atoms with Crippen LogP contribution in [0.4, 0.5) is 16.5 Å². The lowest BCUT2D eigenvalue weighted by molar-refractivity contribution is -0.113. The molecule has 8 heteroatoms. The third kappa shape index (κ3) is 5.66. The maximum Gasteiger partial charge on any atom is 0.234 e. The van der Waals surface area contributed by atoms with Crippen LogP contribution in [0.15, 0.2) is 40.7 Å². The van der Waals surface area contributed by atoms with E-state index in [1.165, 1.54) is 34.2 Å². The largest absolute Gasteiger partial charge is 0.330 e. The quantitative estimate of drug-likeness (QED) is 0.337. The summed E-state index contributed by atoms with van der Waals surface area (Å²) in [6.07, 6.45) is 0. The number of thioether (sulfide) groups is 1. The highest BCUT2D eigenvalue weighted by molar-refractivity contribution is 14.1. The van der Waals surface area contributed by atoms with Crippen molar-refractivity contribution in [2.45, 2.75) is 25.1 Å². The number of hydrogen-bond acceptors (Lipinski definition) is 6. The van der Waals surface area contributed by atoms with Crippen LogP contribution < -0.4 is 10.6 Å². The molecule has 5 nitrogen and oxygen atoms in total. The van der Waals surface area contributed by atoms with Crippen LogP contribution in [0.2, 0.25) is 0 Å². The molecule has 140 valence electrons. The van der Waals surface area contributed by atoms with Crippen LogP contribution >= 0.6 is 45.7 Å². The monoisotopic (exact) mass is 510 g/mol. The molecule has 0 aliphatic carbocycles. The highest BCUT2D eigenvalue weighted by atomic mass is 127. The van der Waals surface area contributed by atoms with Gasteiger partial charge in [-0.1, -0.05) is 29.2 Å². The van der Waals surface area contributed by atoms with Gasteiger partial charge in [-0.2, -0.15) is 0 Å². The average molecular weight is 510 g/mol. The van der Waals surface area contributed by atoms with Gasteiger partial charge in [0.05, 0.1) is 5.75 Å². The zero-order valence-corrected chi connectivity index (χ0v) is 19.0. The van der Waals surface area contributed by atoms with Gasteiger partial charge in [-0.3, -0.25) is 4.79 Å². The van der Waals surface area contributed by atoms with E-state index in [1.807, 2.05) is 31.2 Å². The summed E-state index contributed by atoms with van der Waals surface area (Å²) in [6, 6.07) is 12.1. The summed E-state index contributed by atoms with van der Waals surface area (Å²) in [5.74, 6) is 0.243. The minimum absolute atomic E-state index is 0.0526. The van der Waals surface area contributed by atoms with Gasteiger partial charge in [0.25, 0.3) is 0 Å². The van der Waals surface area contributed by atoms with E-state index in [-0.39, 0.29) is 5.91 Å². The van der Waals surface area contributed by atoms with E-state index < -0.39 is 0 Å². The second-order valence-electron chi connectivity index (χ2n) is 6.09. The minimum Gasteiger partial charge on any atom is -0.330 e. The molecule has 27 heavy (non-hydrogen) atoms. The minimum atomic E-state index is -0.0526. The topological polar surface area (TPSA) is 66.9 Å². The van der Waals surface area contributed by atoms with E-state index in [1.54, 1.807) is 0 Å². The van der Waals surface area contributed by atoms with Crippen molar-refractivity contribution in [2.75, 3.05) is 16.4 Å². The Kier molecular flexibility index (Phi) is 6.72. The third-order valence-electron chi connectivity index (χ3n) is 3.95. The first-order valence-electron chi connectivity index (χ1n) is 8.27. The van der Waals surface area contributed by atoms with E-state index in [9.17, 15) is 4.79 Å². The van der Waals surface area contributed by atoms with Gasteiger partial charge in [-0.15, -0.1) is 10.2 Å². The Morgan fingerprint density at radius 2 is 1.89 bits per heavy atom. The summed E-state index contributed by atoms with van der Waals surface area (Å²) < 4.78 is 1.91. The van der Waals surface area contributed by atoms with Gasteiger partial charge in [0.1, 0.15) is 0 Å². The lowest BCUT2D eigenvalue weighted by Gasteiger charge is -2.08. The number of hydrogen-bond donors (Lipinski definition) is 2. The van der Waals surface area contributed by atoms with Crippen LogP contribution in [-0.4, -0.2) is 21.9 Å². The maximum absolute atomic E-state index is 12.2. The zero-order chi connectivity index (χ0) is 19.4. The Balaban J connectivity index is 1.54. The number of aromatic nitrogens is 2. The van der Waals surface area contributed by atoms with Crippen molar-refractivity contribution in [3.05, 3.63) is 56.7 Å². The fourth-order valence-electron chi connectivity index (χ4n) is 2.34. The Labute approximate surface area is 180 Å². The summed E-state index contributed by atoms with van der Waals surface area (Å²) in [4.78, 5) is 12.2. The number of carbonyl (C=O) groups excluding carboxylic acids is 1. The van der Waals surface area contributed by atoms with Gasteiger partial charge in [0.15, 0.2) is 4.34 Å². The van der Waals surface area contributed by atoms with Crippen LogP contribution in [-0.2, 0) is 4.79 Å². The molecule has 0 radical (unpaired) electrons. The molecule has 2 N–H and O–H groups in total. The highest BCUT2D eigenvalue weighted by Gasteiger charge is 2.10. The molecular formula is C19H19IN4OS2. The van der Waals surface area contributed by atoms with E-state index in [0.717, 1.165) is 30.0 Å². The molecule has 3 aromatic rings. The number of halogens is 1. The normalized spacial score (nSPS) is 10.7. The van der Waals surface area contributed by atoms with Crippen LogP contribution in [0.25, 0.3) is 0 Å². The number of aryl methyl sites for hydroxylation is 3. The first-order chi connectivity index (χ1) is 12.9. The van der Waals surface area contributed by atoms with Gasteiger partial charge in [-0.25, -0.2) is 0 Å². The standard InChI is InChI=1S/C19H19IN4OS2/c1-11-4-6-15(9-12(11)2)21-18-23-24-19(27-18)26-10-17(25)22-16-7-5-14(20)8-13(16)3/h4-9H,10H2,1-3H3,(H,21,23)(H,22,25). The molecule has 0 saturated heterocycles. The summed E-state index contributed by atoms with van der Waals surface area (Å²) in [5, 5.41) is 15.2. The van der Waals surface area contributed by atoms with Crippen LogP contribution in [0, 0.1) is 24.3 Å². The lowest BCUT2D eigenvalue weighted by atomic mass is 10.1. The number of nitrogens with zero attached hydrogens (tertiary/aromatic N) is 2. The molecule has 0 saturated carbocycles. The zero-order valence-electron chi connectivity index (χ0n) is 15.2. The molecule has 0 unspecified atom stereocenters. The first-order valence-corrected chi connectivity index (χ1v) is 11.2. The predicted octanol–water partition coefficient (Wildman–Crippen LogP) is 5.54. The molecular weight excluding hydrogens is 491 g/mol. The molecule has 1 amide bonds. The fourth-order valence-corrected chi connectivity index (χ4v) is 4.56. The van der Waals surface area contributed by atoms with Crippen molar-refractivity contribution >= 4 is 68.1 Å². The molecule has 0 aliphatic heterocycles. The lowest BCUT2D eigenvalue weighted by Crippen LogP contribution is -2.14. The Bertz CT molecular complexity index is 974. The number of nitrogens with one attached hydrogen (secondary N) is 2. The van der Waals surface area contributed by atoms with Gasteiger partial charge >= 0.3 is 0 Å². The SMILES string of the molecule is Cc1ccc(Nc2nnc(SCC(=O)Nc3ccc(I)cc3C)s2)cc1C. The highest BCUT2D eigenvalue weighted by Crippen LogP contribution is 2.28. The molecule has 2 aromatic carbocycles. The van der Waals surface area contributed by atoms with Crippen molar-refractivity contribution < 1.29 is 4.79 Å². The van der Waals surface area contributed by atoms with Crippen LogP contribution in [0.3, 0.4) is 0 Å². The number of carbonyl (C=O) groups is 1. The number of amides is 1. The van der Waals surface area contributed by atoms with Gasteiger partial charge in [-0.05, 0) is 90.4 Å². The van der Waals surface area contributed by atoms with Crippen LogP contribution in [0.5, 0.6) is 0 Å². The van der Waals surface area contributed by atoms with Crippen LogP contribution in [0.1, 0.15) is 16.7 Å². The molecule has 0 aliphatic rings. The Hall–Kier alpha value is -1.65. The van der Waals surface area contributed by atoms with E-state index in [0.29, 0.717) is 5.75 Å². The molecule has 0 atom stereocenters. The van der Waals surface area contributed by atoms with Crippen molar-refractivity contribution in [3.63, 3.8) is 0 Å². The summed E-state index contributed by atoms with van der Waals surface area (Å²) in [6.45, 7) is 6.15. The smallest absolute Gasteiger partial charge is 0.234 e. The first kappa shape index (κ1) is 20.1. The second kappa shape index (κ2) is 9.03. The van der Waals surface area contributed by atoms with E-state index in [2.05, 4.69) is 69.4 Å². The second-order valence-corrected chi connectivity index (χ2v) is 9.54. The Morgan fingerprint density at radius 1 is 1.07 bits per heavy atom. The maximum atomic E-state index is 12.2. The molecule has 1 aromatic heterocycles. The van der Waals surface area contributed by atoms with E-state index >= 15 is 0 Å². The van der Waals surface area contributed by atoms with Crippen molar-refractivity contribution in [3.8, 4) is 0 Å². The van der Waals surface area contributed by atoms with Gasteiger partial charge < -0.3 is 10.6 Å². The molecule has 1 heterocycles.